The molecule has 0 saturated carbocycles. The number of aliphatic imine (C=N–C) groups is 1. The van der Waals surface area contributed by atoms with Gasteiger partial charge in [-0.3, -0.25) is 0 Å². The standard InChI is InChI=1S/C25H20N2/c1-3-7-22-16(5-1)9-11-18-13-20(26-24(18)22)15-21-14-19-12-10-17-6-2-4-8-23(17)25(19)27-21/h1-8,13-15,26H,9-12H2/b21-15-. The van der Waals surface area contributed by atoms with Crippen molar-refractivity contribution < 1.29 is 0 Å². The Balaban J connectivity index is 1.40. The number of allylic oxidation sites excluding steroid dienone is 2. The molecule has 1 N–H and O–H groups in total. The van der Waals surface area contributed by atoms with Crippen LogP contribution in [0.25, 0.3) is 17.3 Å². The van der Waals surface area contributed by atoms with E-state index in [1.54, 1.807) is 0 Å². The highest BCUT2D eigenvalue weighted by Crippen LogP contribution is 2.35. The summed E-state index contributed by atoms with van der Waals surface area (Å²) in [5, 5.41) is 0. The topological polar surface area (TPSA) is 28.1 Å². The molecule has 2 nitrogen and oxygen atoms in total. The second-order valence-electron chi connectivity index (χ2n) is 7.64. The zero-order valence-corrected chi connectivity index (χ0v) is 15.1. The molecule has 0 unspecified atom stereocenters. The van der Waals surface area contributed by atoms with Gasteiger partial charge in [0.15, 0.2) is 0 Å². The fraction of sp³-hybridized carbons (Fsp3) is 0.160. The molecule has 0 atom stereocenters. The lowest BCUT2D eigenvalue weighted by atomic mass is 9.87. The van der Waals surface area contributed by atoms with E-state index in [1.165, 1.54) is 44.8 Å². The summed E-state index contributed by atoms with van der Waals surface area (Å²) in [5.74, 6) is 0. The van der Waals surface area contributed by atoms with Crippen molar-refractivity contribution in [2.75, 3.05) is 0 Å². The van der Waals surface area contributed by atoms with Crippen molar-refractivity contribution >= 4 is 11.8 Å². The number of aromatic amines is 1. The van der Waals surface area contributed by atoms with Gasteiger partial charge in [-0.1, -0.05) is 48.5 Å². The van der Waals surface area contributed by atoms with Crippen LogP contribution >= 0.6 is 0 Å². The molecule has 0 bridgehead atoms. The fourth-order valence-electron chi connectivity index (χ4n) is 4.66. The smallest absolute Gasteiger partial charge is 0.0744 e. The van der Waals surface area contributed by atoms with E-state index in [0.29, 0.717) is 0 Å². The van der Waals surface area contributed by atoms with Gasteiger partial charge >= 0.3 is 0 Å². The number of nitrogens with zero attached hydrogens (tertiary/aromatic N) is 1. The monoisotopic (exact) mass is 348 g/mol. The molecule has 130 valence electrons. The van der Waals surface area contributed by atoms with E-state index in [9.17, 15) is 0 Å². The Bertz CT molecular complexity index is 1170. The highest BCUT2D eigenvalue weighted by molar-refractivity contribution is 6.17. The average Bonchev–Trinajstić information content (AvgIpc) is 3.31. The first-order chi connectivity index (χ1) is 13.3. The molecule has 2 heteroatoms. The van der Waals surface area contributed by atoms with Crippen molar-refractivity contribution in [2.45, 2.75) is 25.7 Å². The Labute approximate surface area is 159 Å². The van der Waals surface area contributed by atoms with Gasteiger partial charge in [0.05, 0.1) is 11.4 Å². The van der Waals surface area contributed by atoms with Crippen LogP contribution in [0.1, 0.15) is 34.4 Å². The van der Waals surface area contributed by atoms with Gasteiger partial charge in [0, 0.05) is 22.5 Å². The third kappa shape index (κ3) is 2.37. The second kappa shape index (κ2) is 5.68. The normalized spacial score (nSPS) is 18.3. The Hall–Kier alpha value is -3.13. The molecule has 1 aliphatic heterocycles. The molecule has 0 fully saturated rings. The first-order valence-electron chi connectivity index (χ1n) is 9.75. The summed E-state index contributed by atoms with van der Waals surface area (Å²) in [6.07, 6.45) is 8.89. The summed E-state index contributed by atoms with van der Waals surface area (Å²) in [6, 6.07) is 19.7. The van der Waals surface area contributed by atoms with Crippen LogP contribution in [0.2, 0.25) is 0 Å². The molecule has 2 aromatic carbocycles. The summed E-state index contributed by atoms with van der Waals surface area (Å²) in [5.41, 5.74) is 13.0. The van der Waals surface area contributed by atoms with Crippen LogP contribution < -0.4 is 0 Å². The van der Waals surface area contributed by atoms with Crippen LogP contribution in [0.4, 0.5) is 0 Å². The summed E-state index contributed by atoms with van der Waals surface area (Å²) < 4.78 is 0. The van der Waals surface area contributed by atoms with Crippen molar-refractivity contribution in [3.8, 4) is 11.3 Å². The van der Waals surface area contributed by atoms with E-state index >= 15 is 0 Å². The van der Waals surface area contributed by atoms with Crippen molar-refractivity contribution in [1.29, 1.82) is 0 Å². The number of aromatic nitrogens is 1. The maximum atomic E-state index is 4.96. The molecule has 3 aliphatic rings. The van der Waals surface area contributed by atoms with Crippen molar-refractivity contribution in [3.63, 3.8) is 0 Å². The largest absolute Gasteiger partial charge is 0.355 e. The maximum absolute atomic E-state index is 4.96. The molecule has 2 aliphatic carbocycles. The van der Waals surface area contributed by atoms with Crippen LogP contribution in [0.3, 0.4) is 0 Å². The van der Waals surface area contributed by atoms with E-state index in [2.05, 4.69) is 71.7 Å². The predicted molar refractivity (Wildman–Crippen MR) is 111 cm³/mol. The number of benzene rings is 2. The van der Waals surface area contributed by atoms with Crippen LogP contribution in [0, 0.1) is 0 Å². The SMILES string of the molecule is C1=C2CCc3ccccc3C2=N/C1=C\c1cc2c([nH]1)-c1ccccc1CC2. The number of nitrogens with one attached hydrogen (secondary N) is 1. The van der Waals surface area contributed by atoms with Gasteiger partial charge in [-0.2, -0.15) is 0 Å². The van der Waals surface area contributed by atoms with Crippen molar-refractivity contribution in [2.24, 2.45) is 4.99 Å². The van der Waals surface area contributed by atoms with E-state index in [1.807, 2.05) is 0 Å². The van der Waals surface area contributed by atoms with E-state index in [0.717, 1.165) is 37.1 Å². The molecule has 6 rings (SSSR count). The van der Waals surface area contributed by atoms with Gasteiger partial charge in [0.1, 0.15) is 0 Å². The van der Waals surface area contributed by atoms with Gasteiger partial charge in [0.25, 0.3) is 0 Å². The third-order valence-corrected chi connectivity index (χ3v) is 5.98. The molecule has 3 aromatic rings. The van der Waals surface area contributed by atoms with Crippen molar-refractivity contribution in [3.05, 3.63) is 99.9 Å². The Morgan fingerprint density at radius 2 is 1.48 bits per heavy atom. The zero-order chi connectivity index (χ0) is 17.8. The summed E-state index contributed by atoms with van der Waals surface area (Å²) in [4.78, 5) is 8.60. The number of fused-ring (bicyclic) bond motifs is 6. The number of hydrogen-bond donors (Lipinski definition) is 1. The van der Waals surface area contributed by atoms with Gasteiger partial charge in [-0.15, -0.1) is 0 Å². The molecular formula is C25H20N2. The molecular weight excluding hydrogens is 328 g/mol. The van der Waals surface area contributed by atoms with Gasteiger partial charge < -0.3 is 4.98 Å². The molecule has 0 saturated heterocycles. The third-order valence-electron chi connectivity index (χ3n) is 5.98. The number of aryl methyl sites for hydroxylation is 3. The summed E-state index contributed by atoms with van der Waals surface area (Å²) >= 11 is 0. The lowest BCUT2D eigenvalue weighted by molar-refractivity contribution is 0.942. The molecule has 0 spiro atoms. The van der Waals surface area contributed by atoms with E-state index in [4.69, 9.17) is 4.99 Å². The van der Waals surface area contributed by atoms with Crippen LogP contribution in [0.5, 0.6) is 0 Å². The first-order valence-corrected chi connectivity index (χ1v) is 9.75. The highest BCUT2D eigenvalue weighted by Gasteiger charge is 2.24. The Morgan fingerprint density at radius 3 is 2.37 bits per heavy atom. The maximum Gasteiger partial charge on any atom is 0.0744 e. The van der Waals surface area contributed by atoms with Crippen LogP contribution in [0.15, 0.2) is 76.9 Å². The van der Waals surface area contributed by atoms with E-state index < -0.39 is 0 Å². The summed E-state index contributed by atoms with van der Waals surface area (Å²) in [7, 11) is 0. The van der Waals surface area contributed by atoms with E-state index in [-0.39, 0.29) is 0 Å². The van der Waals surface area contributed by atoms with Gasteiger partial charge in [-0.05, 0) is 66.2 Å². The highest BCUT2D eigenvalue weighted by atomic mass is 14.8. The minimum absolute atomic E-state index is 1.06. The van der Waals surface area contributed by atoms with Crippen molar-refractivity contribution in [1.82, 2.24) is 4.98 Å². The lowest BCUT2D eigenvalue weighted by Crippen LogP contribution is -2.12. The Morgan fingerprint density at radius 1 is 0.778 bits per heavy atom. The molecule has 2 heterocycles. The number of H-pyrrole nitrogens is 1. The fourth-order valence-corrected chi connectivity index (χ4v) is 4.66. The molecule has 0 amide bonds. The predicted octanol–water partition coefficient (Wildman–Crippen LogP) is 5.50. The first kappa shape index (κ1) is 15.0. The minimum Gasteiger partial charge on any atom is -0.355 e. The van der Waals surface area contributed by atoms with Crippen LogP contribution in [-0.4, -0.2) is 10.7 Å². The molecule has 0 radical (unpaired) electrons. The summed E-state index contributed by atoms with van der Waals surface area (Å²) in [6.45, 7) is 0. The van der Waals surface area contributed by atoms with Crippen LogP contribution in [-0.2, 0) is 19.3 Å². The average molecular weight is 348 g/mol. The quantitative estimate of drug-likeness (QED) is 0.602. The lowest BCUT2D eigenvalue weighted by Gasteiger charge is -2.17. The Kier molecular flexibility index (Phi) is 3.15. The van der Waals surface area contributed by atoms with Gasteiger partial charge in [0.2, 0.25) is 0 Å². The molecule has 27 heavy (non-hydrogen) atoms. The molecule has 1 aromatic heterocycles. The second-order valence-corrected chi connectivity index (χ2v) is 7.64. The minimum atomic E-state index is 1.06. The van der Waals surface area contributed by atoms with Gasteiger partial charge in [-0.25, -0.2) is 4.99 Å². The number of hydrogen-bond acceptors (Lipinski definition) is 1. The number of rotatable bonds is 1. The zero-order valence-electron chi connectivity index (χ0n) is 15.1.